The molecule has 0 radical (unpaired) electrons. The van der Waals surface area contributed by atoms with Gasteiger partial charge in [-0.05, 0) is 48.3 Å². The lowest BCUT2D eigenvalue weighted by molar-refractivity contribution is -0.0316. The van der Waals surface area contributed by atoms with Gasteiger partial charge in [0.15, 0.2) is 5.84 Å². The molecule has 116 valence electrons. The number of hydrogen-bond acceptors (Lipinski definition) is 4. The Morgan fingerprint density at radius 1 is 1.52 bits per heavy atom. The van der Waals surface area contributed by atoms with E-state index in [9.17, 15) is 0 Å². The zero-order chi connectivity index (χ0) is 15.5. The molecular formula is C16H25N3O2. The van der Waals surface area contributed by atoms with Crippen LogP contribution in [0, 0.1) is 11.3 Å². The molecule has 21 heavy (non-hydrogen) atoms. The third-order valence-electron chi connectivity index (χ3n) is 4.03. The monoisotopic (exact) mass is 291 g/mol. The maximum Gasteiger partial charge on any atom is 0.188 e. The summed E-state index contributed by atoms with van der Waals surface area (Å²) in [5, 5.41) is 11.7. The number of ether oxygens (including phenoxy) is 1. The van der Waals surface area contributed by atoms with Gasteiger partial charge in [0.2, 0.25) is 0 Å². The lowest BCUT2D eigenvalue weighted by Crippen LogP contribution is -2.32. The predicted octanol–water partition coefficient (Wildman–Crippen LogP) is 2.91. The molecule has 5 nitrogen and oxygen atoms in total. The molecule has 1 saturated carbocycles. The predicted molar refractivity (Wildman–Crippen MR) is 82.1 cm³/mol. The average molecular weight is 291 g/mol. The van der Waals surface area contributed by atoms with Gasteiger partial charge >= 0.3 is 0 Å². The summed E-state index contributed by atoms with van der Waals surface area (Å²) in [4.78, 5) is 4.07. The molecule has 2 rings (SSSR count). The first-order chi connectivity index (χ1) is 9.89. The fourth-order valence-electron chi connectivity index (χ4n) is 3.35. The van der Waals surface area contributed by atoms with Crippen molar-refractivity contribution in [1.29, 1.82) is 0 Å². The van der Waals surface area contributed by atoms with Crippen molar-refractivity contribution in [1.82, 2.24) is 4.98 Å². The van der Waals surface area contributed by atoms with E-state index in [4.69, 9.17) is 15.7 Å². The molecule has 1 aromatic heterocycles. The molecule has 5 heteroatoms. The molecule has 1 fully saturated rings. The van der Waals surface area contributed by atoms with Gasteiger partial charge in [0, 0.05) is 6.20 Å². The van der Waals surface area contributed by atoms with Crippen molar-refractivity contribution < 1.29 is 9.94 Å². The Morgan fingerprint density at radius 3 is 2.95 bits per heavy atom. The minimum absolute atomic E-state index is 0.0178. The van der Waals surface area contributed by atoms with Gasteiger partial charge in [0.25, 0.3) is 0 Å². The summed E-state index contributed by atoms with van der Waals surface area (Å²) in [5.74, 6) is 0.716. The fourth-order valence-corrected chi connectivity index (χ4v) is 3.35. The van der Waals surface area contributed by atoms with E-state index in [0.717, 1.165) is 18.4 Å². The van der Waals surface area contributed by atoms with Crippen LogP contribution < -0.4 is 5.73 Å². The molecule has 2 unspecified atom stereocenters. The van der Waals surface area contributed by atoms with Crippen LogP contribution in [0.15, 0.2) is 23.5 Å². The van der Waals surface area contributed by atoms with E-state index in [1.54, 1.807) is 12.3 Å². The van der Waals surface area contributed by atoms with Crippen LogP contribution in [0.25, 0.3) is 0 Å². The number of amidine groups is 1. The lowest BCUT2D eigenvalue weighted by Gasteiger charge is -2.38. The number of pyridine rings is 1. The van der Waals surface area contributed by atoms with Crippen molar-refractivity contribution in [3.05, 3.63) is 29.6 Å². The van der Waals surface area contributed by atoms with Crippen LogP contribution in [0.1, 0.15) is 51.3 Å². The van der Waals surface area contributed by atoms with Crippen molar-refractivity contribution >= 4 is 5.84 Å². The highest BCUT2D eigenvalue weighted by Crippen LogP contribution is 2.39. The summed E-state index contributed by atoms with van der Waals surface area (Å²) in [6.45, 7) is 7.44. The maximum absolute atomic E-state index is 8.69. The first kappa shape index (κ1) is 15.8. The van der Waals surface area contributed by atoms with Crippen molar-refractivity contribution in [3.63, 3.8) is 0 Å². The third-order valence-corrected chi connectivity index (χ3v) is 4.03. The summed E-state index contributed by atoms with van der Waals surface area (Å²) in [6, 6.07) is 3.69. The Hall–Kier alpha value is -1.62. The molecule has 0 amide bonds. The van der Waals surface area contributed by atoms with E-state index >= 15 is 0 Å². The molecule has 1 aliphatic rings. The highest BCUT2D eigenvalue weighted by atomic mass is 16.5. The van der Waals surface area contributed by atoms with Gasteiger partial charge in [-0.2, -0.15) is 0 Å². The van der Waals surface area contributed by atoms with Crippen LogP contribution in [0.2, 0.25) is 0 Å². The first-order valence-electron chi connectivity index (χ1n) is 7.44. The topological polar surface area (TPSA) is 80.7 Å². The Balaban J connectivity index is 1.97. The highest BCUT2D eigenvalue weighted by Gasteiger charge is 2.32. The SMILES string of the molecule is CC1CC(OCc2ccnc(C(N)=NO)c2)CC(C)(C)C1. The van der Waals surface area contributed by atoms with Crippen molar-refractivity contribution in [3.8, 4) is 0 Å². The zero-order valence-electron chi connectivity index (χ0n) is 13.0. The standard InChI is InChI=1S/C16H25N3O2/c1-11-6-13(9-16(2,3)8-11)21-10-12-4-5-18-14(7-12)15(17)19-20/h4-5,7,11,13,20H,6,8-10H2,1-3H3,(H2,17,19). The van der Waals surface area contributed by atoms with Crippen molar-refractivity contribution in [2.45, 2.75) is 52.7 Å². The summed E-state index contributed by atoms with van der Waals surface area (Å²) in [5.41, 5.74) is 7.36. The zero-order valence-corrected chi connectivity index (χ0v) is 13.0. The van der Waals surface area contributed by atoms with Gasteiger partial charge in [0.1, 0.15) is 5.69 Å². The maximum atomic E-state index is 8.69. The molecule has 0 saturated heterocycles. The molecule has 1 heterocycles. The lowest BCUT2D eigenvalue weighted by atomic mass is 9.71. The quantitative estimate of drug-likeness (QED) is 0.387. The minimum Gasteiger partial charge on any atom is -0.409 e. The van der Waals surface area contributed by atoms with E-state index in [1.807, 2.05) is 6.07 Å². The van der Waals surface area contributed by atoms with Crippen LogP contribution in [0.4, 0.5) is 0 Å². The van der Waals surface area contributed by atoms with E-state index < -0.39 is 0 Å². The van der Waals surface area contributed by atoms with E-state index in [0.29, 0.717) is 29.7 Å². The van der Waals surface area contributed by atoms with E-state index in [-0.39, 0.29) is 5.84 Å². The minimum atomic E-state index is 0.0178. The van der Waals surface area contributed by atoms with E-state index in [2.05, 4.69) is 30.9 Å². The number of nitrogens with two attached hydrogens (primary N) is 1. The fraction of sp³-hybridized carbons (Fsp3) is 0.625. The molecule has 1 aliphatic carbocycles. The van der Waals surface area contributed by atoms with Crippen LogP contribution in [-0.4, -0.2) is 22.1 Å². The second kappa shape index (κ2) is 6.43. The van der Waals surface area contributed by atoms with Gasteiger partial charge in [-0.3, -0.25) is 4.98 Å². The second-order valence-corrected chi connectivity index (χ2v) is 6.88. The Morgan fingerprint density at radius 2 is 2.29 bits per heavy atom. The molecule has 0 bridgehead atoms. The number of oxime groups is 1. The summed E-state index contributed by atoms with van der Waals surface area (Å²) >= 11 is 0. The Bertz CT molecular complexity index is 514. The smallest absolute Gasteiger partial charge is 0.188 e. The highest BCUT2D eigenvalue weighted by molar-refractivity contribution is 5.95. The van der Waals surface area contributed by atoms with Crippen LogP contribution >= 0.6 is 0 Å². The van der Waals surface area contributed by atoms with Crippen LogP contribution in [0.3, 0.4) is 0 Å². The molecule has 0 spiro atoms. The number of rotatable bonds is 4. The number of hydrogen-bond donors (Lipinski definition) is 2. The number of aromatic nitrogens is 1. The Kier molecular flexibility index (Phi) is 4.83. The molecule has 1 aromatic rings. The Labute approximate surface area is 126 Å². The van der Waals surface area contributed by atoms with Crippen LogP contribution in [-0.2, 0) is 11.3 Å². The molecule has 3 N–H and O–H groups in total. The average Bonchev–Trinajstić information content (AvgIpc) is 2.42. The largest absolute Gasteiger partial charge is 0.409 e. The van der Waals surface area contributed by atoms with Gasteiger partial charge in [-0.1, -0.05) is 25.9 Å². The van der Waals surface area contributed by atoms with E-state index in [1.165, 1.54) is 6.42 Å². The van der Waals surface area contributed by atoms with Gasteiger partial charge in [-0.25, -0.2) is 0 Å². The molecule has 0 aromatic carbocycles. The van der Waals surface area contributed by atoms with Gasteiger partial charge < -0.3 is 15.7 Å². The normalized spacial score (nSPS) is 25.8. The summed E-state index contributed by atoms with van der Waals surface area (Å²) in [6.07, 6.45) is 5.41. The number of nitrogens with zero attached hydrogens (tertiary/aromatic N) is 2. The molecule has 0 aliphatic heterocycles. The second-order valence-electron chi connectivity index (χ2n) is 6.88. The third kappa shape index (κ3) is 4.43. The first-order valence-corrected chi connectivity index (χ1v) is 7.44. The van der Waals surface area contributed by atoms with Gasteiger partial charge in [-0.15, -0.1) is 0 Å². The summed E-state index contributed by atoms with van der Waals surface area (Å²) in [7, 11) is 0. The van der Waals surface area contributed by atoms with Crippen molar-refractivity contribution in [2.24, 2.45) is 22.2 Å². The molecular weight excluding hydrogens is 266 g/mol. The summed E-state index contributed by atoms with van der Waals surface area (Å²) < 4.78 is 6.07. The molecule has 2 atom stereocenters. The van der Waals surface area contributed by atoms with Gasteiger partial charge in [0.05, 0.1) is 12.7 Å². The van der Waals surface area contributed by atoms with Crippen LogP contribution in [0.5, 0.6) is 0 Å². The van der Waals surface area contributed by atoms with Crippen molar-refractivity contribution in [2.75, 3.05) is 0 Å².